The normalized spacial score (nSPS) is 45.0. The smallest absolute Gasteiger partial charge is 0.166 e. The molecule has 230 valence electrons. The van der Waals surface area contributed by atoms with Crippen molar-refractivity contribution < 1.29 is 40.1 Å². The first-order valence-corrected chi connectivity index (χ1v) is 15.7. The molecule has 6 N–H and O–H groups in total. The highest BCUT2D eigenvalue weighted by molar-refractivity contribution is 5.86. The second-order valence-electron chi connectivity index (χ2n) is 14.4. The zero-order valence-corrected chi connectivity index (χ0v) is 24.5. The van der Waals surface area contributed by atoms with Crippen molar-refractivity contribution in [3.05, 3.63) is 58.7 Å². The Morgan fingerprint density at radius 3 is 1.48 bits per heavy atom. The number of aliphatic hydroxyl groups is 4. The molecule has 8 aliphatic rings. The quantitative estimate of drug-likeness (QED) is 0.265. The molecule has 10 nitrogen and oxygen atoms in total. The Balaban J connectivity index is 1.22. The average molecular weight is 601 g/mol. The van der Waals surface area contributed by atoms with Gasteiger partial charge in [0, 0.05) is 57.0 Å². The van der Waals surface area contributed by atoms with Gasteiger partial charge in [-0.2, -0.15) is 0 Å². The van der Waals surface area contributed by atoms with E-state index >= 15 is 0 Å². The van der Waals surface area contributed by atoms with E-state index in [-0.39, 0.29) is 58.0 Å². The summed E-state index contributed by atoms with van der Waals surface area (Å²) in [5.41, 5.74) is 2.04. The molecule has 4 aliphatic carbocycles. The molecule has 2 spiro atoms. The second-order valence-corrected chi connectivity index (χ2v) is 14.4. The van der Waals surface area contributed by atoms with Crippen LogP contribution in [0.1, 0.15) is 47.3 Å². The van der Waals surface area contributed by atoms with Crippen LogP contribution in [0.3, 0.4) is 0 Å². The number of nitrogens with zero attached hydrogens (tertiary/aromatic N) is 2. The molecule has 0 radical (unpaired) electrons. The largest absolute Gasteiger partial charge is 0.504 e. The lowest BCUT2D eigenvalue weighted by Crippen LogP contribution is -2.65. The van der Waals surface area contributed by atoms with Gasteiger partial charge < -0.3 is 40.1 Å². The average Bonchev–Trinajstić information content (AvgIpc) is 3.54. The Morgan fingerprint density at radius 2 is 1.07 bits per heavy atom. The van der Waals surface area contributed by atoms with Crippen LogP contribution >= 0.6 is 0 Å². The monoisotopic (exact) mass is 600 g/mol. The first-order valence-electron chi connectivity index (χ1n) is 15.7. The molecule has 4 aliphatic heterocycles. The Kier molecular flexibility index (Phi) is 4.74. The molecule has 4 heterocycles. The predicted molar refractivity (Wildman–Crippen MR) is 157 cm³/mol. The minimum atomic E-state index is -0.901. The first-order chi connectivity index (χ1) is 21.1. The molecule has 12 atom stereocenters. The third kappa shape index (κ3) is 2.59. The third-order valence-corrected chi connectivity index (χ3v) is 12.9. The van der Waals surface area contributed by atoms with Gasteiger partial charge in [0.05, 0.1) is 12.2 Å². The number of likely N-dealkylation sites (tertiary alicyclic amines) is 2. The molecule has 10 rings (SSSR count). The summed E-state index contributed by atoms with van der Waals surface area (Å²) < 4.78 is 12.9. The van der Waals surface area contributed by atoms with Crippen molar-refractivity contribution >= 4 is 0 Å². The number of benzene rings is 2. The lowest BCUT2D eigenvalue weighted by atomic mass is 9.52. The van der Waals surface area contributed by atoms with E-state index in [1.165, 1.54) is 0 Å². The van der Waals surface area contributed by atoms with E-state index in [2.05, 4.69) is 9.80 Å². The van der Waals surface area contributed by atoms with Crippen LogP contribution in [0.15, 0.2) is 36.4 Å². The van der Waals surface area contributed by atoms with Gasteiger partial charge in [-0.15, -0.1) is 0 Å². The van der Waals surface area contributed by atoms with Crippen molar-refractivity contribution in [2.24, 2.45) is 11.8 Å². The van der Waals surface area contributed by atoms with Gasteiger partial charge in [-0.3, -0.25) is 9.80 Å². The molecule has 4 bridgehead atoms. The van der Waals surface area contributed by atoms with E-state index in [4.69, 9.17) is 9.47 Å². The van der Waals surface area contributed by atoms with Crippen LogP contribution in [-0.4, -0.2) is 104 Å². The van der Waals surface area contributed by atoms with E-state index in [1.54, 1.807) is 24.3 Å². The number of piperidine rings is 2. The summed E-state index contributed by atoms with van der Waals surface area (Å²) in [5, 5.41) is 69.8. The summed E-state index contributed by atoms with van der Waals surface area (Å²) in [4.78, 5) is 4.31. The summed E-state index contributed by atoms with van der Waals surface area (Å²) in [5.74, 6) is -0.0941. The number of aliphatic hydroxyl groups excluding tert-OH is 4. The number of ether oxygens (including phenoxy) is 2. The molecule has 0 unspecified atom stereocenters. The van der Waals surface area contributed by atoms with Gasteiger partial charge >= 0.3 is 0 Å². The molecule has 0 aromatic heterocycles. The fourth-order valence-corrected chi connectivity index (χ4v) is 11.1. The van der Waals surface area contributed by atoms with Gasteiger partial charge in [0.25, 0.3) is 0 Å². The standard InChI is InChI=1S/C34H36N2O8/c1-35-9-7-33-17-3-5-19(37)31(33)43-29-21(33)15(25(39)23(17)35)11-13(27(29)41)14-12-16-22-30(28(14)42)44-32-20(38)6-4-18-24(26(16)40)36(2)10-8-34(18,22)32/h3-6,11-12,17-20,23-26,31-32,37-42H,7-10H2,1-2H3/t17-,18-,19-,20-,23-,24-,25-,26-,31-,32-,33-,34-/m0/s1. The third-order valence-electron chi connectivity index (χ3n) is 12.9. The fourth-order valence-electron chi connectivity index (χ4n) is 11.1. The van der Waals surface area contributed by atoms with Crippen molar-refractivity contribution in [3.63, 3.8) is 0 Å². The molecule has 0 saturated carbocycles. The maximum atomic E-state index is 11.9. The van der Waals surface area contributed by atoms with Gasteiger partial charge in [-0.1, -0.05) is 24.3 Å². The van der Waals surface area contributed by atoms with E-state index < -0.39 is 47.5 Å². The minimum absolute atomic E-state index is 0.1000. The minimum Gasteiger partial charge on any atom is -0.504 e. The summed E-state index contributed by atoms with van der Waals surface area (Å²) in [6.07, 6.45) is 4.10. The van der Waals surface area contributed by atoms with E-state index in [1.807, 2.05) is 26.2 Å². The number of aromatic hydroxyl groups is 2. The van der Waals surface area contributed by atoms with Gasteiger partial charge in [0.1, 0.15) is 24.4 Å². The number of hydrogen-bond acceptors (Lipinski definition) is 10. The molecule has 2 aromatic carbocycles. The van der Waals surface area contributed by atoms with Crippen LogP contribution in [-0.2, 0) is 10.8 Å². The number of rotatable bonds is 1. The van der Waals surface area contributed by atoms with Gasteiger partial charge in [0.15, 0.2) is 23.0 Å². The zero-order chi connectivity index (χ0) is 30.2. The fraction of sp³-hybridized carbons (Fsp3) is 0.529. The van der Waals surface area contributed by atoms with Crippen molar-refractivity contribution in [1.29, 1.82) is 0 Å². The number of likely N-dealkylation sites (N-methyl/N-ethyl adjacent to an activating group) is 2. The molecular weight excluding hydrogens is 564 g/mol. The Labute approximate surface area is 254 Å². The Bertz CT molecular complexity index is 1610. The second kappa shape index (κ2) is 7.99. The Hall–Kier alpha value is -3.12. The molecule has 2 fully saturated rings. The highest BCUT2D eigenvalue weighted by atomic mass is 16.5. The summed E-state index contributed by atoms with van der Waals surface area (Å²) in [7, 11) is 3.99. The van der Waals surface area contributed by atoms with E-state index in [0.717, 1.165) is 11.1 Å². The lowest BCUT2D eigenvalue weighted by molar-refractivity contribution is -0.0823. The van der Waals surface area contributed by atoms with Crippen molar-refractivity contribution in [1.82, 2.24) is 9.80 Å². The van der Waals surface area contributed by atoms with Crippen LogP contribution in [0.2, 0.25) is 0 Å². The van der Waals surface area contributed by atoms with Gasteiger partial charge in [0.2, 0.25) is 0 Å². The van der Waals surface area contributed by atoms with Crippen molar-refractivity contribution in [2.75, 3.05) is 27.2 Å². The van der Waals surface area contributed by atoms with Crippen LogP contribution in [0.25, 0.3) is 11.1 Å². The van der Waals surface area contributed by atoms with Crippen LogP contribution in [0, 0.1) is 11.8 Å². The highest BCUT2D eigenvalue weighted by Gasteiger charge is 2.68. The predicted octanol–water partition coefficient (Wildman–Crippen LogP) is 1.36. The molecule has 0 amide bonds. The zero-order valence-electron chi connectivity index (χ0n) is 24.5. The van der Waals surface area contributed by atoms with Crippen molar-refractivity contribution in [3.8, 4) is 34.1 Å². The van der Waals surface area contributed by atoms with Crippen LogP contribution in [0.5, 0.6) is 23.0 Å². The van der Waals surface area contributed by atoms with Crippen molar-refractivity contribution in [2.45, 2.75) is 72.4 Å². The topological polar surface area (TPSA) is 146 Å². The Morgan fingerprint density at radius 1 is 0.659 bits per heavy atom. The van der Waals surface area contributed by atoms with E-state index in [0.29, 0.717) is 37.1 Å². The molecule has 44 heavy (non-hydrogen) atoms. The highest BCUT2D eigenvalue weighted by Crippen LogP contribution is 2.68. The molecular formula is C34H36N2O8. The maximum Gasteiger partial charge on any atom is 0.166 e. The maximum absolute atomic E-state index is 11.9. The summed E-state index contributed by atoms with van der Waals surface area (Å²) in [6.45, 7) is 1.43. The molecule has 2 aromatic rings. The van der Waals surface area contributed by atoms with Gasteiger partial charge in [-0.25, -0.2) is 0 Å². The van der Waals surface area contributed by atoms with Crippen LogP contribution in [0.4, 0.5) is 0 Å². The number of phenolic OH excluding ortho intramolecular Hbond substituents is 2. The molecule has 2 saturated heterocycles. The number of hydrogen-bond donors (Lipinski definition) is 6. The van der Waals surface area contributed by atoms with Gasteiger partial charge in [-0.05, 0) is 63.3 Å². The lowest BCUT2D eigenvalue weighted by Gasteiger charge is -2.58. The molecule has 10 heteroatoms. The SMILES string of the molecule is CN1CC[C@]23c4c5cc(-c6cc7c8c(c6O)O[C@H]6[C@@H](O)C=C[C@H]9[C@@H]([C@H]7O)N(C)CC[C@@]896)c(O)c4O[C@H]2[C@@H](O)C=C[C@H]3[C@H]1[C@H]5O. The van der Waals surface area contributed by atoms with E-state index in [9.17, 15) is 30.6 Å². The number of phenols is 2. The first kappa shape index (κ1) is 26.1. The summed E-state index contributed by atoms with van der Waals surface area (Å²) >= 11 is 0. The summed E-state index contributed by atoms with van der Waals surface area (Å²) in [6, 6.07) is 2.99. The van der Waals surface area contributed by atoms with Crippen LogP contribution < -0.4 is 9.47 Å².